The molecule has 30 heavy (non-hydrogen) atoms. The number of aryl methyl sites for hydroxylation is 1. The van der Waals surface area contributed by atoms with E-state index in [0.717, 1.165) is 0 Å². The Labute approximate surface area is 173 Å². The summed E-state index contributed by atoms with van der Waals surface area (Å²) in [6.07, 6.45) is 0.0710. The third-order valence-electron chi connectivity index (χ3n) is 4.81. The lowest BCUT2D eigenvalue weighted by Gasteiger charge is -2.21. The van der Waals surface area contributed by atoms with Crippen LogP contribution in [0, 0.1) is 12.8 Å². The van der Waals surface area contributed by atoms with Crippen LogP contribution in [-0.4, -0.2) is 62.1 Å². The zero-order valence-electron chi connectivity index (χ0n) is 17.3. The van der Waals surface area contributed by atoms with Gasteiger partial charge in [0.05, 0.1) is 26.7 Å². The first-order valence-corrected chi connectivity index (χ1v) is 9.33. The fourth-order valence-corrected chi connectivity index (χ4v) is 3.33. The van der Waals surface area contributed by atoms with Gasteiger partial charge in [0.1, 0.15) is 5.76 Å². The highest BCUT2D eigenvalue weighted by atomic mass is 16.5. The van der Waals surface area contributed by atoms with Crippen molar-refractivity contribution >= 4 is 29.2 Å². The van der Waals surface area contributed by atoms with Crippen LogP contribution in [-0.2, 0) is 14.4 Å². The minimum absolute atomic E-state index is 0.0710. The lowest BCUT2D eigenvalue weighted by molar-refractivity contribution is -0.137. The summed E-state index contributed by atoms with van der Waals surface area (Å²) in [5.74, 6) is 0.499. The first-order chi connectivity index (χ1) is 14.3. The minimum Gasteiger partial charge on any atom is -0.493 e. The summed E-state index contributed by atoms with van der Waals surface area (Å²) in [6, 6.07) is 6.72. The maximum absolute atomic E-state index is 12.8. The Balaban J connectivity index is 1.62. The molecule has 3 amide bonds. The first-order valence-electron chi connectivity index (χ1n) is 9.33. The monoisotopic (exact) mass is 416 g/mol. The lowest BCUT2D eigenvalue weighted by Crippen LogP contribution is -2.39. The molecule has 1 unspecified atom stereocenters. The van der Waals surface area contributed by atoms with Crippen molar-refractivity contribution in [1.29, 1.82) is 0 Å². The van der Waals surface area contributed by atoms with Crippen molar-refractivity contribution in [2.45, 2.75) is 13.3 Å². The number of benzene rings is 1. The fourth-order valence-electron chi connectivity index (χ4n) is 3.33. The Hall–Kier alpha value is -3.56. The van der Waals surface area contributed by atoms with Gasteiger partial charge in [0.2, 0.25) is 17.7 Å². The molecule has 1 saturated heterocycles. The molecule has 1 aliphatic heterocycles. The summed E-state index contributed by atoms with van der Waals surface area (Å²) in [4.78, 5) is 40.3. The van der Waals surface area contributed by atoms with E-state index in [2.05, 4.69) is 10.5 Å². The van der Waals surface area contributed by atoms with Gasteiger partial charge in [-0.1, -0.05) is 5.16 Å². The fraction of sp³-hybridized carbons (Fsp3) is 0.400. The second kappa shape index (κ2) is 8.85. The average molecular weight is 416 g/mol. The van der Waals surface area contributed by atoms with Crippen molar-refractivity contribution in [2.75, 3.05) is 44.6 Å². The zero-order chi connectivity index (χ0) is 21.8. The quantitative estimate of drug-likeness (QED) is 0.727. The molecule has 2 aromatic rings. The molecular formula is C20H24N4O6. The highest BCUT2D eigenvalue weighted by molar-refractivity contribution is 6.01. The van der Waals surface area contributed by atoms with E-state index in [0.29, 0.717) is 22.9 Å². The van der Waals surface area contributed by atoms with E-state index in [1.165, 1.54) is 31.1 Å². The maximum Gasteiger partial charge on any atom is 0.245 e. The predicted molar refractivity (Wildman–Crippen MR) is 108 cm³/mol. The number of hydrogen-bond acceptors (Lipinski definition) is 7. The summed E-state index contributed by atoms with van der Waals surface area (Å²) in [5.41, 5.74) is 0.620. The number of nitrogens with zero attached hydrogens (tertiary/aromatic N) is 3. The molecule has 0 bridgehead atoms. The molecule has 0 saturated carbocycles. The predicted octanol–water partition coefficient (Wildman–Crippen LogP) is 1.45. The molecule has 1 aromatic heterocycles. The van der Waals surface area contributed by atoms with E-state index >= 15 is 0 Å². The van der Waals surface area contributed by atoms with Crippen LogP contribution in [0.4, 0.5) is 11.5 Å². The molecule has 2 heterocycles. The van der Waals surface area contributed by atoms with Crippen molar-refractivity contribution in [3.05, 3.63) is 30.0 Å². The zero-order valence-corrected chi connectivity index (χ0v) is 17.3. The van der Waals surface area contributed by atoms with Gasteiger partial charge in [0.25, 0.3) is 0 Å². The van der Waals surface area contributed by atoms with Gasteiger partial charge in [-0.05, 0) is 19.1 Å². The normalized spacial score (nSPS) is 15.8. The molecule has 0 spiro atoms. The van der Waals surface area contributed by atoms with Crippen molar-refractivity contribution in [2.24, 2.45) is 5.92 Å². The van der Waals surface area contributed by atoms with Gasteiger partial charge in [-0.2, -0.15) is 0 Å². The number of hydrogen-bond donors (Lipinski definition) is 1. The molecule has 3 rings (SSSR count). The molecule has 160 valence electrons. The molecule has 1 atom stereocenters. The maximum atomic E-state index is 12.8. The molecule has 10 heteroatoms. The topological polar surface area (TPSA) is 114 Å². The Morgan fingerprint density at radius 1 is 1.27 bits per heavy atom. The van der Waals surface area contributed by atoms with Crippen LogP contribution in [0.5, 0.6) is 11.5 Å². The van der Waals surface area contributed by atoms with Crippen LogP contribution in [0.25, 0.3) is 0 Å². The largest absolute Gasteiger partial charge is 0.493 e. The number of ether oxygens (including phenoxy) is 2. The highest BCUT2D eigenvalue weighted by Gasteiger charge is 2.37. The molecular weight excluding hydrogens is 392 g/mol. The summed E-state index contributed by atoms with van der Waals surface area (Å²) >= 11 is 0. The molecule has 1 aromatic carbocycles. The van der Waals surface area contributed by atoms with Crippen LogP contribution in [0.2, 0.25) is 0 Å². The van der Waals surface area contributed by atoms with Gasteiger partial charge in [-0.3, -0.25) is 14.4 Å². The number of aromatic nitrogens is 1. The van der Waals surface area contributed by atoms with E-state index in [1.807, 2.05) is 0 Å². The molecule has 10 nitrogen and oxygen atoms in total. The second-order valence-corrected chi connectivity index (χ2v) is 7.01. The van der Waals surface area contributed by atoms with E-state index in [9.17, 15) is 14.4 Å². The first kappa shape index (κ1) is 21.2. The van der Waals surface area contributed by atoms with E-state index in [4.69, 9.17) is 14.0 Å². The number of carbonyl (C=O) groups excluding carboxylic acids is 3. The van der Waals surface area contributed by atoms with Gasteiger partial charge in [0.15, 0.2) is 17.3 Å². The number of likely N-dealkylation sites (N-methyl/N-ethyl adjacent to an activating group) is 1. The molecule has 0 aliphatic carbocycles. The molecule has 0 radical (unpaired) electrons. The van der Waals surface area contributed by atoms with Gasteiger partial charge in [0, 0.05) is 37.8 Å². The number of amides is 3. The van der Waals surface area contributed by atoms with E-state index in [1.54, 1.807) is 31.2 Å². The highest BCUT2D eigenvalue weighted by Crippen LogP contribution is 2.34. The standard InChI is InChI=1S/C20H24N4O6/c1-12-7-17(22-30-12)21-18(25)11-23(2)20(27)13-8-19(26)24(10-13)14-5-6-15(28-3)16(9-14)29-4/h5-7,9,13H,8,10-11H2,1-4H3,(H,21,22,25). The third kappa shape index (κ3) is 4.53. The minimum atomic E-state index is -0.544. The second-order valence-electron chi connectivity index (χ2n) is 7.01. The van der Waals surface area contributed by atoms with Crippen molar-refractivity contribution < 1.29 is 28.4 Å². The summed E-state index contributed by atoms with van der Waals surface area (Å²) in [6.45, 7) is 1.77. The third-order valence-corrected chi connectivity index (χ3v) is 4.81. The summed E-state index contributed by atoms with van der Waals surface area (Å²) in [5, 5.41) is 6.25. The summed E-state index contributed by atoms with van der Waals surface area (Å²) < 4.78 is 15.4. The van der Waals surface area contributed by atoms with Crippen LogP contribution >= 0.6 is 0 Å². The smallest absolute Gasteiger partial charge is 0.245 e. The lowest BCUT2D eigenvalue weighted by atomic mass is 10.1. The van der Waals surface area contributed by atoms with Crippen molar-refractivity contribution in [3.8, 4) is 11.5 Å². The van der Waals surface area contributed by atoms with Crippen molar-refractivity contribution in [3.63, 3.8) is 0 Å². The number of nitrogens with one attached hydrogen (secondary N) is 1. The Kier molecular flexibility index (Phi) is 6.24. The Morgan fingerprint density at radius 3 is 2.63 bits per heavy atom. The molecule has 1 N–H and O–H groups in total. The number of methoxy groups -OCH3 is 2. The number of rotatable bonds is 7. The van der Waals surface area contributed by atoms with E-state index in [-0.39, 0.29) is 37.1 Å². The van der Waals surface area contributed by atoms with Crippen molar-refractivity contribution in [1.82, 2.24) is 10.1 Å². The van der Waals surface area contributed by atoms with Crippen LogP contribution in [0.15, 0.2) is 28.8 Å². The van der Waals surface area contributed by atoms with Gasteiger partial charge in [-0.25, -0.2) is 0 Å². The molecule has 1 fully saturated rings. The van der Waals surface area contributed by atoms with Gasteiger partial charge >= 0.3 is 0 Å². The van der Waals surface area contributed by atoms with E-state index < -0.39 is 11.8 Å². The van der Waals surface area contributed by atoms with Crippen LogP contribution in [0.1, 0.15) is 12.2 Å². The van der Waals surface area contributed by atoms with Gasteiger partial charge < -0.3 is 29.1 Å². The SMILES string of the molecule is COc1ccc(N2CC(C(=O)N(C)CC(=O)Nc3cc(C)on3)CC2=O)cc1OC. The number of anilines is 2. The van der Waals surface area contributed by atoms with Crippen LogP contribution < -0.4 is 19.7 Å². The summed E-state index contributed by atoms with van der Waals surface area (Å²) in [7, 11) is 4.57. The Bertz CT molecular complexity index is 957. The van der Waals surface area contributed by atoms with Gasteiger partial charge in [-0.15, -0.1) is 0 Å². The average Bonchev–Trinajstić information content (AvgIpc) is 3.31. The van der Waals surface area contributed by atoms with Crippen LogP contribution in [0.3, 0.4) is 0 Å². The molecule has 1 aliphatic rings. The Morgan fingerprint density at radius 2 is 2.00 bits per heavy atom. The number of carbonyl (C=O) groups is 3.